The summed E-state index contributed by atoms with van der Waals surface area (Å²) in [5.74, 6) is 1.75. The third-order valence-corrected chi connectivity index (χ3v) is 15.0. The minimum Gasteiger partial charge on any atom is -0.462 e. The molecule has 0 aromatic heterocycles. The summed E-state index contributed by atoms with van der Waals surface area (Å²) in [7, 11) is 0. The van der Waals surface area contributed by atoms with Crippen molar-refractivity contribution >= 4 is 17.9 Å². The molecule has 0 spiro atoms. The van der Waals surface area contributed by atoms with Gasteiger partial charge in [-0.25, -0.2) is 0 Å². The molecule has 0 N–H and O–H groups in total. The smallest absolute Gasteiger partial charge is 0.306 e. The Kier molecular flexibility index (Phi) is 53.9. The Hall–Kier alpha value is -1.59. The molecule has 416 valence electrons. The van der Waals surface area contributed by atoms with Crippen LogP contribution in [-0.2, 0) is 28.6 Å². The van der Waals surface area contributed by atoms with Crippen molar-refractivity contribution in [2.24, 2.45) is 17.8 Å². The van der Waals surface area contributed by atoms with Crippen LogP contribution in [0.1, 0.15) is 356 Å². The van der Waals surface area contributed by atoms with Crippen molar-refractivity contribution in [3.63, 3.8) is 0 Å². The maximum absolute atomic E-state index is 12.9. The van der Waals surface area contributed by atoms with Gasteiger partial charge in [0.2, 0.25) is 0 Å². The minimum atomic E-state index is -0.764. The first-order valence-corrected chi connectivity index (χ1v) is 31.6. The number of rotatable bonds is 57. The fraction of sp³-hybridized carbons (Fsp3) is 0.953. The first-order valence-electron chi connectivity index (χ1n) is 31.6. The van der Waals surface area contributed by atoms with E-state index in [1.165, 1.54) is 238 Å². The quantitative estimate of drug-likeness (QED) is 0.0343. The van der Waals surface area contributed by atoms with Crippen molar-refractivity contribution in [1.82, 2.24) is 0 Å². The SMILES string of the molecule is CCC(C)CCCCCCCCCCCCCCCCC(=O)OC[C@@H](COC(=O)CCCCCCCCCCCCCCCC(C)C)OC(=O)CCCCCCCCCCCCCCCCCC(C)C. The van der Waals surface area contributed by atoms with Gasteiger partial charge in [-0.05, 0) is 37.0 Å². The highest BCUT2D eigenvalue weighted by molar-refractivity contribution is 5.71. The Morgan fingerprint density at radius 2 is 0.500 bits per heavy atom. The van der Waals surface area contributed by atoms with Crippen LogP contribution in [0, 0.1) is 17.8 Å². The standard InChI is InChI=1S/C64H124O6/c1-7-60(6)52-46-40-34-28-22-16-11-12-17-23-29-35-41-47-53-62(65)68-56-61(57-69-63(66)54-48-42-36-30-24-19-13-15-21-27-33-39-45-51-59(4)5)70-64(67)55-49-43-37-31-25-18-10-8-9-14-20-26-32-38-44-50-58(2)3/h58-61H,7-57H2,1-6H3/t60?,61-/m0/s1. The summed E-state index contributed by atoms with van der Waals surface area (Å²) in [4.78, 5) is 38.3. The summed E-state index contributed by atoms with van der Waals surface area (Å²) in [6.07, 6.45) is 59.5. The Morgan fingerprint density at radius 1 is 0.286 bits per heavy atom. The van der Waals surface area contributed by atoms with Gasteiger partial charge in [-0.1, -0.05) is 318 Å². The summed E-state index contributed by atoms with van der Waals surface area (Å²) in [6.45, 7) is 13.8. The lowest BCUT2D eigenvalue weighted by atomic mass is 9.99. The van der Waals surface area contributed by atoms with Gasteiger partial charge in [0, 0.05) is 19.3 Å². The second-order valence-corrected chi connectivity index (χ2v) is 23.2. The van der Waals surface area contributed by atoms with Crippen LogP contribution in [0.3, 0.4) is 0 Å². The van der Waals surface area contributed by atoms with Gasteiger partial charge in [0.25, 0.3) is 0 Å². The van der Waals surface area contributed by atoms with E-state index in [2.05, 4.69) is 41.5 Å². The Bertz CT molecular complexity index is 1090. The molecule has 0 fully saturated rings. The third-order valence-electron chi connectivity index (χ3n) is 15.0. The normalized spacial score (nSPS) is 12.5. The average Bonchev–Trinajstić information content (AvgIpc) is 3.33. The minimum absolute atomic E-state index is 0.0627. The maximum atomic E-state index is 12.9. The van der Waals surface area contributed by atoms with Gasteiger partial charge in [-0.3, -0.25) is 14.4 Å². The molecule has 1 unspecified atom stereocenters. The average molecular weight is 990 g/mol. The van der Waals surface area contributed by atoms with E-state index in [0.29, 0.717) is 19.3 Å². The second kappa shape index (κ2) is 55.2. The lowest BCUT2D eigenvalue weighted by Gasteiger charge is -2.18. The molecule has 0 amide bonds. The molecule has 0 aliphatic carbocycles. The van der Waals surface area contributed by atoms with Crippen LogP contribution in [0.2, 0.25) is 0 Å². The van der Waals surface area contributed by atoms with Crippen LogP contribution < -0.4 is 0 Å². The van der Waals surface area contributed by atoms with Crippen LogP contribution >= 0.6 is 0 Å². The van der Waals surface area contributed by atoms with Crippen LogP contribution in [0.15, 0.2) is 0 Å². The van der Waals surface area contributed by atoms with Crippen molar-refractivity contribution in [1.29, 1.82) is 0 Å². The summed E-state index contributed by atoms with van der Waals surface area (Å²) in [5.41, 5.74) is 0. The summed E-state index contributed by atoms with van der Waals surface area (Å²) in [5, 5.41) is 0. The molecule has 0 saturated heterocycles. The molecule has 2 atom stereocenters. The van der Waals surface area contributed by atoms with E-state index >= 15 is 0 Å². The number of carbonyl (C=O) groups excluding carboxylic acids is 3. The highest BCUT2D eigenvalue weighted by atomic mass is 16.6. The van der Waals surface area contributed by atoms with Crippen molar-refractivity contribution in [2.75, 3.05) is 13.2 Å². The zero-order valence-corrected chi connectivity index (χ0v) is 48.3. The maximum Gasteiger partial charge on any atom is 0.306 e. The number of unbranched alkanes of at least 4 members (excludes halogenated alkanes) is 39. The van der Waals surface area contributed by atoms with Crippen molar-refractivity contribution in [3.8, 4) is 0 Å². The number of esters is 3. The molecule has 0 aliphatic heterocycles. The van der Waals surface area contributed by atoms with Crippen molar-refractivity contribution < 1.29 is 28.6 Å². The van der Waals surface area contributed by atoms with E-state index < -0.39 is 6.10 Å². The van der Waals surface area contributed by atoms with E-state index in [1.807, 2.05) is 0 Å². The molecular weight excluding hydrogens is 865 g/mol. The third kappa shape index (κ3) is 55.7. The summed E-state index contributed by atoms with van der Waals surface area (Å²) < 4.78 is 17.0. The van der Waals surface area contributed by atoms with Crippen molar-refractivity contribution in [3.05, 3.63) is 0 Å². The zero-order chi connectivity index (χ0) is 51.2. The van der Waals surface area contributed by atoms with Gasteiger partial charge < -0.3 is 14.2 Å². The predicted molar refractivity (Wildman–Crippen MR) is 303 cm³/mol. The van der Waals surface area contributed by atoms with Gasteiger partial charge in [-0.15, -0.1) is 0 Å². The lowest BCUT2D eigenvalue weighted by molar-refractivity contribution is -0.167. The van der Waals surface area contributed by atoms with Gasteiger partial charge in [0.1, 0.15) is 13.2 Å². The fourth-order valence-electron chi connectivity index (χ4n) is 9.85. The Labute approximate surface area is 438 Å². The lowest BCUT2D eigenvalue weighted by Crippen LogP contribution is -2.30. The van der Waals surface area contributed by atoms with E-state index in [0.717, 1.165) is 75.5 Å². The molecule has 0 heterocycles. The van der Waals surface area contributed by atoms with Gasteiger partial charge in [0.15, 0.2) is 6.10 Å². The highest BCUT2D eigenvalue weighted by Gasteiger charge is 2.19. The predicted octanol–water partition coefficient (Wildman–Crippen LogP) is 21.1. The van der Waals surface area contributed by atoms with Crippen LogP contribution in [-0.4, -0.2) is 37.2 Å². The molecule has 0 aromatic rings. The van der Waals surface area contributed by atoms with E-state index in [4.69, 9.17) is 14.2 Å². The fourth-order valence-corrected chi connectivity index (χ4v) is 9.85. The van der Waals surface area contributed by atoms with Gasteiger partial charge in [0.05, 0.1) is 0 Å². The molecule has 0 aromatic carbocycles. The molecular formula is C64H124O6. The monoisotopic (exact) mass is 989 g/mol. The molecule has 6 nitrogen and oxygen atoms in total. The number of hydrogen-bond acceptors (Lipinski definition) is 6. The number of hydrogen-bond donors (Lipinski definition) is 0. The molecule has 0 radical (unpaired) electrons. The second-order valence-electron chi connectivity index (χ2n) is 23.2. The molecule has 0 aliphatic rings. The van der Waals surface area contributed by atoms with E-state index in [1.54, 1.807) is 0 Å². The largest absolute Gasteiger partial charge is 0.462 e. The zero-order valence-electron chi connectivity index (χ0n) is 48.3. The van der Waals surface area contributed by atoms with Gasteiger partial charge in [-0.2, -0.15) is 0 Å². The van der Waals surface area contributed by atoms with Crippen molar-refractivity contribution in [2.45, 2.75) is 362 Å². The Balaban J connectivity index is 4.30. The summed E-state index contributed by atoms with van der Waals surface area (Å²) >= 11 is 0. The first kappa shape index (κ1) is 68.4. The number of carbonyl (C=O) groups is 3. The summed E-state index contributed by atoms with van der Waals surface area (Å²) in [6, 6.07) is 0. The molecule has 6 heteroatoms. The molecule has 0 saturated carbocycles. The Morgan fingerprint density at radius 3 is 0.743 bits per heavy atom. The first-order chi connectivity index (χ1) is 34.1. The number of ether oxygens (including phenoxy) is 3. The van der Waals surface area contributed by atoms with Crippen LogP contribution in [0.25, 0.3) is 0 Å². The highest BCUT2D eigenvalue weighted by Crippen LogP contribution is 2.19. The molecule has 70 heavy (non-hydrogen) atoms. The van der Waals surface area contributed by atoms with Crippen LogP contribution in [0.5, 0.6) is 0 Å². The van der Waals surface area contributed by atoms with Gasteiger partial charge >= 0.3 is 17.9 Å². The topological polar surface area (TPSA) is 78.9 Å². The molecule has 0 bridgehead atoms. The van der Waals surface area contributed by atoms with E-state index in [9.17, 15) is 14.4 Å². The van der Waals surface area contributed by atoms with E-state index in [-0.39, 0.29) is 31.1 Å². The molecule has 0 rings (SSSR count). The van der Waals surface area contributed by atoms with Crippen LogP contribution in [0.4, 0.5) is 0 Å².